The van der Waals surface area contributed by atoms with Crippen LogP contribution in [-0.4, -0.2) is 68.8 Å². The number of carbonyl (C=O) groups excluding carboxylic acids is 2. The van der Waals surface area contributed by atoms with Crippen LogP contribution in [0.5, 0.6) is 5.75 Å². The molecule has 9 heteroatoms. The van der Waals surface area contributed by atoms with Crippen molar-refractivity contribution in [1.29, 1.82) is 0 Å². The number of hydrogen-bond acceptors (Lipinski definition) is 5. The highest BCUT2D eigenvalue weighted by Crippen LogP contribution is 2.27. The molecule has 1 fully saturated rings. The van der Waals surface area contributed by atoms with Crippen molar-refractivity contribution >= 4 is 21.8 Å². The molecule has 0 saturated carbocycles. The first kappa shape index (κ1) is 26.7. The molecule has 1 N–H and O–H groups in total. The van der Waals surface area contributed by atoms with Crippen LogP contribution in [0.2, 0.25) is 0 Å². The van der Waals surface area contributed by atoms with Gasteiger partial charge in [-0.3, -0.25) is 9.59 Å². The van der Waals surface area contributed by atoms with Gasteiger partial charge in [0.15, 0.2) is 0 Å². The number of amides is 2. The Morgan fingerprint density at radius 1 is 1.03 bits per heavy atom. The van der Waals surface area contributed by atoms with Gasteiger partial charge in [0.05, 0.1) is 12.0 Å². The molecule has 2 aromatic carbocycles. The third-order valence-electron chi connectivity index (χ3n) is 6.61. The van der Waals surface area contributed by atoms with Crippen LogP contribution < -0.4 is 10.1 Å². The molecule has 1 heterocycles. The topological polar surface area (TPSA) is 96.0 Å². The van der Waals surface area contributed by atoms with E-state index in [4.69, 9.17) is 4.74 Å². The number of aryl methyl sites for hydroxylation is 1. The van der Waals surface area contributed by atoms with Gasteiger partial charge in [0.25, 0.3) is 5.91 Å². The average Bonchev–Trinajstić information content (AvgIpc) is 2.88. The van der Waals surface area contributed by atoms with Gasteiger partial charge in [-0.25, -0.2) is 8.42 Å². The van der Waals surface area contributed by atoms with Crippen molar-refractivity contribution in [3.63, 3.8) is 0 Å². The highest BCUT2D eigenvalue weighted by Gasteiger charge is 2.37. The van der Waals surface area contributed by atoms with Gasteiger partial charge in [0.1, 0.15) is 11.8 Å². The van der Waals surface area contributed by atoms with Gasteiger partial charge in [0, 0.05) is 31.7 Å². The number of carbonyl (C=O) groups is 2. The summed E-state index contributed by atoms with van der Waals surface area (Å²) in [6.07, 6.45) is 0.956. The first-order valence-corrected chi connectivity index (χ1v) is 13.5. The molecule has 0 radical (unpaired) electrons. The summed E-state index contributed by atoms with van der Waals surface area (Å²) in [6.45, 7) is 7.37. The quantitative estimate of drug-likeness (QED) is 0.570. The third-order valence-corrected chi connectivity index (χ3v) is 8.52. The lowest BCUT2D eigenvalue weighted by atomic mass is 9.89. The number of piperidine rings is 1. The van der Waals surface area contributed by atoms with Crippen molar-refractivity contribution in [2.45, 2.75) is 44.6 Å². The number of ether oxygens (including phenoxy) is 1. The lowest BCUT2D eigenvalue weighted by Gasteiger charge is -2.37. The number of benzene rings is 2. The molecule has 0 aliphatic carbocycles. The third kappa shape index (κ3) is 6.21. The minimum atomic E-state index is -3.61. The molecule has 1 saturated heterocycles. The Morgan fingerprint density at radius 3 is 2.11 bits per heavy atom. The number of hydrogen-bond donors (Lipinski definition) is 1. The lowest BCUT2D eigenvalue weighted by molar-refractivity contribution is -0.134. The first-order valence-electron chi connectivity index (χ1n) is 12.0. The molecule has 0 aromatic heterocycles. The lowest BCUT2D eigenvalue weighted by Crippen LogP contribution is -2.54. The van der Waals surface area contributed by atoms with Crippen LogP contribution in [0.3, 0.4) is 0 Å². The second-order valence-electron chi connectivity index (χ2n) is 8.74. The Hall–Kier alpha value is -2.91. The summed E-state index contributed by atoms with van der Waals surface area (Å²) in [6, 6.07) is 12.8. The Bertz CT molecular complexity index is 1100. The number of nitrogens with zero attached hydrogens (tertiary/aromatic N) is 2. The molecule has 3 rings (SSSR count). The van der Waals surface area contributed by atoms with Crippen molar-refractivity contribution in [2.75, 3.05) is 33.3 Å². The normalized spacial score (nSPS) is 15.9. The number of methoxy groups -OCH3 is 1. The van der Waals surface area contributed by atoms with E-state index in [-0.39, 0.29) is 22.6 Å². The van der Waals surface area contributed by atoms with Crippen LogP contribution >= 0.6 is 0 Å². The molecular weight excluding hydrogens is 466 g/mol. The summed E-state index contributed by atoms with van der Waals surface area (Å²) < 4.78 is 32.8. The fraction of sp³-hybridized carbons (Fsp3) is 0.462. The smallest absolute Gasteiger partial charge is 0.251 e. The molecular formula is C26H35N3O5S. The summed E-state index contributed by atoms with van der Waals surface area (Å²) in [5.74, 6) is -0.0150. The molecule has 1 aliphatic heterocycles. The maximum Gasteiger partial charge on any atom is 0.251 e. The van der Waals surface area contributed by atoms with Gasteiger partial charge < -0.3 is 15.0 Å². The van der Waals surface area contributed by atoms with Crippen molar-refractivity contribution in [1.82, 2.24) is 14.5 Å². The number of likely N-dealkylation sites (N-methyl/N-ethyl adjacent to an activating group) is 1. The monoisotopic (exact) mass is 501 g/mol. The summed E-state index contributed by atoms with van der Waals surface area (Å²) >= 11 is 0. The van der Waals surface area contributed by atoms with E-state index in [1.807, 2.05) is 20.8 Å². The van der Waals surface area contributed by atoms with Crippen LogP contribution in [0.4, 0.5) is 0 Å². The van der Waals surface area contributed by atoms with Gasteiger partial charge in [-0.2, -0.15) is 4.31 Å². The Labute approximate surface area is 208 Å². The second-order valence-corrected chi connectivity index (χ2v) is 10.7. The summed E-state index contributed by atoms with van der Waals surface area (Å²) in [7, 11) is -2.05. The molecule has 1 aliphatic rings. The van der Waals surface area contributed by atoms with Crippen LogP contribution in [0, 0.1) is 12.8 Å². The molecule has 0 spiro atoms. The largest absolute Gasteiger partial charge is 0.497 e. The zero-order chi connectivity index (χ0) is 25.6. The predicted molar refractivity (Wildman–Crippen MR) is 135 cm³/mol. The highest BCUT2D eigenvalue weighted by atomic mass is 32.2. The van der Waals surface area contributed by atoms with E-state index in [0.29, 0.717) is 50.3 Å². The fourth-order valence-electron chi connectivity index (χ4n) is 4.39. The molecule has 0 unspecified atom stereocenters. The van der Waals surface area contributed by atoms with Crippen LogP contribution in [-0.2, 0) is 14.8 Å². The van der Waals surface area contributed by atoms with Crippen LogP contribution in [0.1, 0.15) is 42.6 Å². The van der Waals surface area contributed by atoms with Gasteiger partial charge in [-0.15, -0.1) is 0 Å². The van der Waals surface area contributed by atoms with Gasteiger partial charge in [0.2, 0.25) is 15.9 Å². The van der Waals surface area contributed by atoms with Crippen molar-refractivity contribution in [3.8, 4) is 5.75 Å². The Kier molecular flexibility index (Phi) is 8.91. The zero-order valence-corrected chi connectivity index (χ0v) is 21.7. The maximum atomic E-state index is 13.4. The minimum Gasteiger partial charge on any atom is -0.497 e. The Balaban J connectivity index is 1.76. The van der Waals surface area contributed by atoms with Crippen molar-refractivity contribution < 1.29 is 22.7 Å². The molecule has 2 aromatic rings. The van der Waals surface area contributed by atoms with E-state index in [2.05, 4.69) is 5.32 Å². The number of rotatable bonds is 9. The van der Waals surface area contributed by atoms with Gasteiger partial charge in [-0.1, -0.05) is 17.7 Å². The summed E-state index contributed by atoms with van der Waals surface area (Å²) in [5, 5.41) is 2.94. The minimum absolute atomic E-state index is 0.142. The average molecular weight is 502 g/mol. The van der Waals surface area contributed by atoms with Gasteiger partial charge in [-0.05, 0) is 75.9 Å². The first-order chi connectivity index (χ1) is 16.7. The predicted octanol–water partition coefficient (Wildman–Crippen LogP) is 3.07. The van der Waals surface area contributed by atoms with E-state index in [1.54, 1.807) is 60.5 Å². The van der Waals surface area contributed by atoms with E-state index >= 15 is 0 Å². The van der Waals surface area contributed by atoms with E-state index < -0.39 is 16.1 Å². The molecule has 2 amide bonds. The molecule has 0 bridgehead atoms. The number of nitrogens with one attached hydrogen (secondary N) is 1. The molecule has 35 heavy (non-hydrogen) atoms. The standard InChI is InChI=1S/C26H35N3O5S/c1-5-28(6-2)26(31)24(27-25(30)21-9-11-22(34-4)12-10-21)20-15-17-29(18-16-20)35(32,33)23-13-7-19(3)8-14-23/h7-14,20,24H,5-6,15-18H2,1-4H3,(H,27,30)/t24-/m0/s1. The summed E-state index contributed by atoms with van der Waals surface area (Å²) in [4.78, 5) is 28.3. The van der Waals surface area contributed by atoms with Gasteiger partial charge >= 0.3 is 0 Å². The van der Waals surface area contributed by atoms with Crippen molar-refractivity contribution in [2.24, 2.45) is 5.92 Å². The Morgan fingerprint density at radius 2 is 1.60 bits per heavy atom. The van der Waals surface area contributed by atoms with E-state index in [1.165, 1.54) is 4.31 Å². The SMILES string of the molecule is CCN(CC)C(=O)[C@@H](NC(=O)c1ccc(OC)cc1)C1CCN(S(=O)(=O)c2ccc(C)cc2)CC1. The summed E-state index contributed by atoms with van der Waals surface area (Å²) in [5.41, 5.74) is 1.43. The van der Waals surface area contributed by atoms with E-state index in [0.717, 1.165) is 5.56 Å². The molecule has 190 valence electrons. The zero-order valence-electron chi connectivity index (χ0n) is 20.9. The molecule has 1 atom stereocenters. The van der Waals surface area contributed by atoms with Crippen LogP contribution in [0.25, 0.3) is 0 Å². The van der Waals surface area contributed by atoms with E-state index in [9.17, 15) is 18.0 Å². The van der Waals surface area contributed by atoms with Crippen molar-refractivity contribution in [3.05, 3.63) is 59.7 Å². The number of sulfonamides is 1. The molecule has 8 nitrogen and oxygen atoms in total. The fourth-order valence-corrected chi connectivity index (χ4v) is 5.86. The highest BCUT2D eigenvalue weighted by molar-refractivity contribution is 7.89. The maximum absolute atomic E-state index is 13.4. The van der Waals surface area contributed by atoms with Crippen LogP contribution in [0.15, 0.2) is 53.4 Å². The second kappa shape index (κ2) is 11.7.